The molecule has 1 aliphatic rings. The van der Waals surface area contributed by atoms with E-state index < -0.39 is 0 Å². The summed E-state index contributed by atoms with van der Waals surface area (Å²) < 4.78 is 2.27. The Balaban J connectivity index is 1.71. The van der Waals surface area contributed by atoms with E-state index in [1.54, 1.807) is 0 Å². The van der Waals surface area contributed by atoms with Crippen molar-refractivity contribution >= 4 is 17.0 Å². The molecular formula is C27H27N5. The lowest BCUT2D eigenvalue weighted by molar-refractivity contribution is 0.448. The van der Waals surface area contributed by atoms with Crippen molar-refractivity contribution in [2.45, 2.75) is 25.8 Å². The number of nitrogens with zero attached hydrogens (tertiary/aromatic N) is 4. The highest BCUT2D eigenvalue weighted by atomic mass is 15.2. The Morgan fingerprint density at radius 1 is 1.06 bits per heavy atom. The normalized spacial score (nSPS) is 16.3. The highest BCUT2D eigenvalue weighted by Crippen LogP contribution is 2.38. The van der Waals surface area contributed by atoms with Gasteiger partial charge in [-0.05, 0) is 44.0 Å². The fourth-order valence-corrected chi connectivity index (χ4v) is 4.68. The number of fused-ring (bicyclic) bond motifs is 1. The molecule has 2 aromatic carbocycles. The van der Waals surface area contributed by atoms with Gasteiger partial charge in [-0.3, -0.25) is 0 Å². The summed E-state index contributed by atoms with van der Waals surface area (Å²) >= 11 is 0. The fraction of sp³-hybridized carbons (Fsp3) is 0.259. The maximum Gasteiger partial charge on any atom is 0.187 e. The minimum Gasteiger partial charge on any atom is -0.353 e. The molecule has 0 saturated carbocycles. The molecule has 1 saturated heterocycles. The second kappa shape index (κ2) is 8.49. The molecule has 0 spiro atoms. The summed E-state index contributed by atoms with van der Waals surface area (Å²) in [4.78, 5) is 10.8. The molecule has 5 rings (SSSR count). The van der Waals surface area contributed by atoms with Gasteiger partial charge in [0, 0.05) is 37.1 Å². The van der Waals surface area contributed by atoms with Crippen molar-refractivity contribution in [3.63, 3.8) is 0 Å². The zero-order valence-electron chi connectivity index (χ0n) is 18.5. The molecule has 4 aromatic rings. The van der Waals surface area contributed by atoms with Gasteiger partial charge >= 0.3 is 0 Å². The van der Waals surface area contributed by atoms with Crippen molar-refractivity contribution in [1.29, 1.82) is 0 Å². The molecule has 2 aromatic heterocycles. The Bertz CT molecular complexity index is 1280. The van der Waals surface area contributed by atoms with E-state index in [0.29, 0.717) is 11.7 Å². The van der Waals surface area contributed by atoms with Crippen molar-refractivity contribution in [3.8, 4) is 22.4 Å². The van der Waals surface area contributed by atoms with Crippen LogP contribution in [0.1, 0.15) is 18.4 Å². The monoisotopic (exact) mass is 421 g/mol. The van der Waals surface area contributed by atoms with Crippen LogP contribution in [0, 0.1) is 13.5 Å². The number of hydrogen-bond donors (Lipinski definition) is 1. The van der Waals surface area contributed by atoms with Crippen LogP contribution in [0.5, 0.6) is 0 Å². The number of piperidine rings is 1. The zero-order valence-corrected chi connectivity index (χ0v) is 18.5. The van der Waals surface area contributed by atoms with Crippen LogP contribution < -0.4 is 10.2 Å². The standard InChI is InChI=1S/C27H27N5/c1-19-6-8-21(9-7-19)26-24(20-10-12-22(28-2)13-11-20)17-25-27(30-14-16-32(25)26)31-15-4-5-23(18-31)29-3/h6-14,16-17,23,29H,4-5,15,18H2,1,3H3/t23-/m1/s1. The average Bonchev–Trinajstić information content (AvgIpc) is 3.24. The molecule has 160 valence electrons. The third-order valence-electron chi connectivity index (χ3n) is 6.44. The quantitative estimate of drug-likeness (QED) is 0.429. The van der Waals surface area contributed by atoms with Crippen LogP contribution in [0.2, 0.25) is 0 Å². The molecule has 0 aliphatic carbocycles. The number of aromatic nitrogens is 2. The third-order valence-corrected chi connectivity index (χ3v) is 6.44. The van der Waals surface area contributed by atoms with Crippen molar-refractivity contribution in [1.82, 2.24) is 14.7 Å². The molecular weight excluding hydrogens is 394 g/mol. The number of rotatable bonds is 4. The van der Waals surface area contributed by atoms with Gasteiger partial charge in [0.1, 0.15) is 0 Å². The van der Waals surface area contributed by atoms with Gasteiger partial charge < -0.3 is 14.6 Å². The molecule has 0 radical (unpaired) electrons. The lowest BCUT2D eigenvalue weighted by Gasteiger charge is -2.33. The molecule has 0 bridgehead atoms. The van der Waals surface area contributed by atoms with Gasteiger partial charge in [0.25, 0.3) is 0 Å². The average molecular weight is 422 g/mol. The van der Waals surface area contributed by atoms with E-state index in [9.17, 15) is 0 Å². The van der Waals surface area contributed by atoms with Gasteiger partial charge in [0.2, 0.25) is 0 Å². The number of likely N-dealkylation sites (N-methyl/N-ethyl adjacent to an activating group) is 1. The number of benzene rings is 2. The molecule has 0 amide bonds. The van der Waals surface area contributed by atoms with E-state index >= 15 is 0 Å². The summed E-state index contributed by atoms with van der Waals surface area (Å²) in [6.45, 7) is 11.4. The van der Waals surface area contributed by atoms with Gasteiger partial charge in [-0.25, -0.2) is 9.83 Å². The second-order valence-corrected chi connectivity index (χ2v) is 8.51. The number of aryl methyl sites for hydroxylation is 1. The molecule has 1 fully saturated rings. The summed E-state index contributed by atoms with van der Waals surface area (Å²) in [5, 5.41) is 3.44. The minimum atomic E-state index is 0.484. The van der Waals surface area contributed by atoms with Crippen LogP contribution in [0.15, 0.2) is 67.0 Å². The van der Waals surface area contributed by atoms with E-state index in [4.69, 9.17) is 11.6 Å². The van der Waals surface area contributed by atoms with Gasteiger partial charge in [0.05, 0.1) is 17.8 Å². The summed E-state index contributed by atoms with van der Waals surface area (Å²) in [7, 11) is 2.04. The first kappa shape index (κ1) is 20.3. The molecule has 0 unspecified atom stereocenters. The summed E-state index contributed by atoms with van der Waals surface area (Å²) in [6, 6.07) is 19.3. The minimum absolute atomic E-state index is 0.484. The Morgan fingerprint density at radius 2 is 1.81 bits per heavy atom. The molecule has 5 nitrogen and oxygen atoms in total. The lowest BCUT2D eigenvalue weighted by Crippen LogP contribution is -2.44. The maximum absolute atomic E-state index is 7.28. The summed E-state index contributed by atoms with van der Waals surface area (Å²) in [5.74, 6) is 1.03. The predicted molar refractivity (Wildman–Crippen MR) is 131 cm³/mol. The second-order valence-electron chi connectivity index (χ2n) is 8.51. The van der Waals surface area contributed by atoms with Crippen LogP contribution in [0.3, 0.4) is 0 Å². The van der Waals surface area contributed by atoms with Gasteiger partial charge in [-0.15, -0.1) is 0 Å². The summed E-state index contributed by atoms with van der Waals surface area (Å²) in [5.41, 5.74) is 7.60. The largest absolute Gasteiger partial charge is 0.353 e. The fourth-order valence-electron chi connectivity index (χ4n) is 4.68. The topological polar surface area (TPSA) is 36.9 Å². The van der Waals surface area contributed by atoms with Crippen molar-refractivity contribution in [2.24, 2.45) is 0 Å². The van der Waals surface area contributed by atoms with Gasteiger partial charge in [-0.1, -0.05) is 54.1 Å². The SMILES string of the molecule is [C-]#[N+]c1ccc(-c2cc3c(N4CCC[C@@H](NC)C4)nccn3c2-c2ccc(C)cc2)cc1. The van der Waals surface area contributed by atoms with Crippen LogP contribution in [0.25, 0.3) is 32.7 Å². The maximum atomic E-state index is 7.28. The Labute approximate surface area is 189 Å². The lowest BCUT2D eigenvalue weighted by atomic mass is 10.0. The van der Waals surface area contributed by atoms with Crippen molar-refractivity contribution in [3.05, 3.63) is 84.0 Å². The van der Waals surface area contributed by atoms with Crippen LogP contribution >= 0.6 is 0 Å². The van der Waals surface area contributed by atoms with E-state index in [2.05, 4.69) is 62.9 Å². The first-order valence-corrected chi connectivity index (χ1v) is 11.1. The molecule has 5 heteroatoms. The van der Waals surface area contributed by atoms with Crippen LogP contribution in [-0.4, -0.2) is 35.6 Å². The molecule has 32 heavy (non-hydrogen) atoms. The van der Waals surface area contributed by atoms with Crippen LogP contribution in [-0.2, 0) is 0 Å². The Hall–Kier alpha value is -3.62. The Kier molecular flexibility index (Phi) is 5.38. The van der Waals surface area contributed by atoms with Crippen molar-refractivity contribution < 1.29 is 0 Å². The molecule has 1 atom stereocenters. The Morgan fingerprint density at radius 3 is 2.53 bits per heavy atom. The smallest absolute Gasteiger partial charge is 0.187 e. The van der Waals surface area contributed by atoms with Crippen molar-refractivity contribution in [2.75, 3.05) is 25.0 Å². The number of hydrogen-bond acceptors (Lipinski definition) is 3. The van der Waals surface area contributed by atoms with Gasteiger partial charge in [0.15, 0.2) is 11.5 Å². The zero-order chi connectivity index (χ0) is 22.1. The van der Waals surface area contributed by atoms with Crippen LogP contribution in [0.4, 0.5) is 11.5 Å². The number of nitrogens with one attached hydrogen (secondary N) is 1. The van der Waals surface area contributed by atoms with Gasteiger partial charge in [-0.2, -0.15) is 0 Å². The van der Waals surface area contributed by atoms with E-state index in [1.807, 2.05) is 37.5 Å². The van der Waals surface area contributed by atoms with E-state index in [1.165, 1.54) is 17.5 Å². The van der Waals surface area contributed by atoms with E-state index in [0.717, 1.165) is 47.7 Å². The summed E-state index contributed by atoms with van der Waals surface area (Å²) in [6.07, 6.45) is 6.33. The highest BCUT2D eigenvalue weighted by Gasteiger charge is 2.23. The highest BCUT2D eigenvalue weighted by molar-refractivity contribution is 5.90. The number of anilines is 1. The molecule has 3 heterocycles. The third kappa shape index (κ3) is 3.63. The molecule has 1 aliphatic heterocycles. The first-order chi connectivity index (χ1) is 15.7. The predicted octanol–water partition coefficient (Wildman–Crippen LogP) is 5.72. The first-order valence-electron chi connectivity index (χ1n) is 11.1. The van der Waals surface area contributed by atoms with E-state index in [-0.39, 0.29) is 0 Å². The molecule has 1 N–H and O–H groups in total.